The summed E-state index contributed by atoms with van der Waals surface area (Å²) >= 11 is 0. The number of nitrogens with two attached hydrogens (primary N) is 1. The number of sulfonamides is 1. The summed E-state index contributed by atoms with van der Waals surface area (Å²) < 4.78 is 21.6. The van der Waals surface area contributed by atoms with Crippen molar-refractivity contribution in [2.45, 2.75) is 33.6 Å². The molecular formula is C11H27IN4O2S. The molecule has 0 bridgehead atoms. The molecule has 0 aliphatic rings. The van der Waals surface area contributed by atoms with Gasteiger partial charge in [-0.2, -0.15) is 0 Å². The molecule has 19 heavy (non-hydrogen) atoms. The summed E-state index contributed by atoms with van der Waals surface area (Å²) in [4.78, 5) is 4.43. The largest absolute Gasteiger partial charge is 0.357 e. The number of primary sulfonamides is 1. The summed E-state index contributed by atoms with van der Waals surface area (Å²) in [6.45, 7) is 8.01. The lowest BCUT2D eigenvalue weighted by molar-refractivity contribution is 0.504. The van der Waals surface area contributed by atoms with Crippen LogP contribution in [-0.4, -0.2) is 39.8 Å². The van der Waals surface area contributed by atoms with E-state index in [1.54, 1.807) is 0 Å². The van der Waals surface area contributed by atoms with Crippen LogP contribution in [0.5, 0.6) is 0 Å². The van der Waals surface area contributed by atoms with Crippen molar-refractivity contribution >= 4 is 40.0 Å². The van der Waals surface area contributed by atoms with Crippen LogP contribution in [0.4, 0.5) is 0 Å². The highest BCUT2D eigenvalue weighted by Gasteiger charge is 2.05. The smallest absolute Gasteiger partial charge is 0.210 e. The maximum Gasteiger partial charge on any atom is 0.210 e. The van der Waals surface area contributed by atoms with Crippen LogP contribution in [0.1, 0.15) is 33.6 Å². The van der Waals surface area contributed by atoms with Crippen molar-refractivity contribution in [3.63, 3.8) is 0 Å². The van der Waals surface area contributed by atoms with Gasteiger partial charge in [-0.15, -0.1) is 24.0 Å². The molecule has 0 spiro atoms. The molecule has 0 atom stereocenters. The molecular weight excluding hydrogens is 379 g/mol. The van der Waals surface area contributed by atoms with E-state index in [0.717, 1.165) is 25.9 Å². The van der Waals surface area contributed by atoms with Crippen LogP contribution >= 0.6 is 24.0 Å². The van der Waals surface area contributed by atoms with Crippen LogP contribution in [0.2, 0.25) is 0 Å². The zero-order valence-electron chi connectivity index (χ0n) is 12.0. The predicted molar refractivity (Wildman–Crippen MR) is 91.4 cm³/mol. The fourth-order valence-electron chi connectivity index (χ4n) is 1.42. The molecule has 0 aromatic carbocycles. The molecule has 0 aliphatic carbocycles. The van der Waals surface area contributed by atoms with Crippen molar-refractivity contribution in [1.29, 1.82) is 0 Å². The number of rotatable bonds is 8. The summed E-state index contributed by atoms with van der Waals surface area (Å²) in [6.07, 6.45) is 2.19. The molecule has 0 saturated heterocycles. The van der Waals surface area contributed by atoms with Crippen LogP contribution in [-0.2, 0) is 10.0 Å². The molecule has 0 amide bonds. The van der Waals surface area contributed by atoms with Crippen LogP contribution < -0.4 is 15.8 Å². The van der Waals surface area contributed by atoms with Crippen LogP contribution in [0.3, 0.4) is 0 Å². The van der Waals surface area contributed by atoms with E-state index in [4.69, 9.17) is 5.14 Å². The lowest BCUT2D eigenvalue weighted by Gasteiger charge is -2.13. The minimum absolute atomic E-state index is 0. The molecule has 0 aromatic rings. The van der Waals surface area contributed by atoms with E-state index in [1.807, 2.05) is 6.92 Å². The molecule has 0 fully saturated rings. The predicted octanol–water partition coefficient (Wildman–Crippen LogP) is 0.884. The van der Waals surface area contributed by atoms with Crippen molar-refractivity contribution in [3.05, 3.63) is 0 Å². The SMILES string of the molecule is CCNC(=NCC(CC)CC)NCCS(N)(=O)=O.I. The minimum Gasteiger partial charge on any atom is -0.357 e. The van der Waals surface area contributed by atoms with Gasteiger partial charge in [-0.3, -0.25) is 4.99 Å². The van der Waals surface area contributed by atoms with E-state index in [-0.39, 0.29) is 36.3 Å². The fourth-order valence-corrected chi connectivity index (χ4v) is 1.81. The van der Waals surface area contributed by atoms with Gasteiger partial charge in [-0.1, -0.05) is 26.7 Å². The van der Waals surface area contributed by atoms with E-state index >= 15 is 0 Å². The van der Waals surface area contributed by atoms with Gasteiger partial charge >= 0.3 is 0 Å². The molecule has 0 rings (SSSR count). The number of hydrogen-bond donors (Lipinski definition) is 3. The first-order valence-corrected chi connectivity index (χ1v) is 8.17. The Labute approximate surface area is 134 Å². The quantitative estimate of drug-likeness (QED) is 0.317. The molecule has 0 heterocycles. The normalized spacial score (nSPS) is 12.2. The lowest BCUT2D eigenvalue weighted by atomic mass is 10.0. The number of guanidine groups is 1. The topological polar surface area (TPSA) is 96.6 Å². The highest BCUT2D eigenvalue weighted by Crippen LogP contribution is 2.06. The molecule has 6 nitrogen and oxygen atoms in total. The van der Waals surface area contributed by atoms with E-state index in [1.165, 1.54) is 0 Å². The summed E-state index contributed by atoms with van der Waals surface area (Å²) in [5.74, 6) is 1.12. The third-order valence-corrected chi connectivity index (χ3v) is 3.46. The molecule has 4 N–H and O–H groups in total. The highest BCUT2D eigenvalue weighted by molar-refractivity contribution is 14.0. The Bertz CT molecular complexity index is 343. The standard InChI is InChI=1S/C11H26N4O2S.HI/c1-4-10(5-2)9-15-11(13-6-3)14-7-8-18(12,16)17;/h10H,4-9H2,1-3H3,(H2,12,16,17)(H2,13,14,15);1H. The van der Waals surface area contributed by atoms with Gasteiger partial charge in [-0.05, 0) is 12.8 Å². The number of nitrogens with zero attached hydrogens (tertiary/aromatic N) is 1. The van der Waals surface area contributed by atoms with E-state index < -0.39 is 10.0 Å². The molecule has 0 unspecified atom stereocenters. The molecule has 116 valence electrons. The van der Waals surface area contributed by atoms with Crippen LogP contribution in [0.25, 0.3) is 0 Å². The Balaban J connectivity index is 0. The van der Waals surface area contributed by atoms with Crippen molar-refractivity contribution < 1.29 is 8.42 Å². The Kier molecular flexibility index (Phi) is 13.1. The first kappa shape index (κ1) is 21.2. The monoisotopic (exact) mass is 406 g/mol. The highest BCUT2D eigenvalue weighted by atomic mass is 127. The first-order valence-electron chi connectivity index (χ1n) is 6.45. The maximum atomic E-state index is 10.8. The van der Waals surface area contributed by atoms with Gasteiger partial charge in [0.25, 0.3) is 0 Å². The molecule has 0 radical (unpaired) electrons. The first-order chi connectivity index (χ1) is 8.42. The Morgan fingerprint density at radius 3 is 2.21 bits per heavy atom. The van der Waals surface area contributed by atoms with Crippen LogP contribution in [0, 0.1) is 5.92 Å². The van der Waals surface area contributed by atoms with Crippen LogP contribution in [0.15, 0.2) is 4.99 Å². The maximum absolute atomic E-state index is 10.8. The molecule has 0 aromatic heterocycles. The van der Waals surface area contributed by atoms with Gasteiger partial charge in [-0.25, -0.2) is 13.6 Å². The average molecular weight is 406 g/mol. The lowest BCUT2D eigenvalue weighted by Crippen LogP contribution is -2.40. The third-order valence-electron chi connectivity index (χ3n) is 2.69. The summed E-state index contributed by atoms with van der Waals surface area (Å²) in [5, 5.41) is 11.0. The summed E-state index contributed by atoms with van der Waals surface area (Å²) in [6, 6.07) is 0. The second kappa shape index (κ2) is 11.7. The molecule has 0 aliphatic heterocycles. The van der Waals surface area contributed by atoms with Gasteiger partial charge in [0.15, 0.2) is 5.96 Å². The second-order valence-corrected chi connectivity index (χ2v) is 5.93. The Morgan fingerprint density at radius 1 is 1.21 bits per heavy atom. The minimum atomic E-state index is -3.42. The number of hydrogen-bond acceptors (Lipinski definition) is 3. The number of nitrogens with one attached hydrogen (secondary N) is 2. The van der Waals surface area contributed by atoms with Gasteiger partial charge in [0, 0.05) is 19.6 Å². The number of halogens is 1. The summed E-state index contributed by atoms with van der Waals surface area (Å²) in [7, 11) is -3.42. The Morgan fingerprint density at radius 2 is 1.79 bits per heavy atom. The van der Waals surface area contributed by atoms with Gasteiger partial charge in [0.2, 0.25) is 10.0 Å². The summed E-state index contributed by atoms with van der Waals surface area (Å²) in [5.41, 5.74) is 0. The molecule has 8 heteroatoms. The van der Waals surface area contributed by atoms with E-state index in [2.05, 4.69) is 29.5 Å². The van der Waals surface area contributed by atoms with Gasteiger partial charge in [0.1, 0.15) is 0 Å². The fraction of sp³-hybridized carbons (Fsp3) is 0.909. The van der Waals surface area contributed by atoms with E-state index in [9.17, 15) is 8.42 Å². The van der Waals surface area contributed by atoms with Crippen molar-refractivity contribution in [2.75, 3.05) is 25.4 Å². The second-order valence-electron chi connectivity index (χ2n) is 4.20. The van der Waals surface area contributed by atoms with Gasteiger partial charge in [0.05, 0.1) is 5.75 Å². The average Bonchev–Trinajstić information content (AvgIpc) is 2.28. The number of aliphatic imine (C=N–C) groups is 1. The van der Waals surface area contributed by atoms with Gasteiger partial charge < -0.3 is 10.6 Å². The molecule has 0 saturated carbocycles. The van der Waals surface area contributed by atoms with Crippen molar-refractivity contribution in [1.82, 2.24) is 10.6 Å². The zero-order valence-corrected chi connectivity index (χ0v) is 15.1. The van der Waals surface area contributed by atoms with E-state index in [0.29, 0.717) is 11.9 Å². The van der Waals surface area contributed by atoms with Crippen molar-refractivity contribution in [3.8, 4) is 0 Å². The van der Waals surface area contributed by atoms with Crippen molar-refractivity contribution in [2.24, 2.45) is 16.0 Å². The zero-order chi connectivity index (χ0) is 14.0. The third kappa shape index (κ3) is 12.7. The Hall–Kier alpha value is -0.0900.